The molecule has 1 aliphatic heterocycles. The van der Waals surface area contributed by atoms with Gasteiger partial charge in [0.15, 0.2) is 0 Å². The number of rotatable bonds is 3. The summed E-state index contributed by atoms with van der Waals surface area (Å²) in [5.41, 5.74) is 1.47. The van der Waals surface area contributed by atoms with Crippen molar-refractivity contribution in [2.24, 2.45) is 5.92 Å². The number of nitrogens with one attached hydrogen (secondary N) is 1. The fourth-order valence-electron chi connectivity index (χ4n) is 2.89. The zero-order valence-electron chi connectivity index (χ0n) is 10.5. The highest BCUT2D eigenvalue weighted by molar-refractivity contribution is 7.10. The quantitative estimate of drug-likeness (QED) is 0.875. The van der Waals surface area contributed by atoms with Crippen LogP contribution in [0.2, 0.25) is 0 Å². The largest absolute Gasteiger partial charge is 0.309 e. The number of hydrogen-bond acceptors (Lipinski definition) is 2. The summed E-state index contributed by atoms with van der Waals surface area (Å²) in [6.07, 6.45) is 3.83. The third kappa shape index (κ3) is 2.65. The minimum atomic E-state index is 0.555. The van der Waals surface area contributed by atoms with Crippen LogP contribution < -0.4 is 5.32 Å². The topological polar surface area (TPSA) is 12.0 Å². The average molecular weight is 257 g/mol. The van der Waals surface area contributed by atoms with Crippen LogP contribution in [0.1, 0.15) is 29.3 Å². The van der Waals surface area contributed by atoms with Crippen molar-refractivity contribution in [3.8, 4) is 0 Å². The fraction of sp³-hybridized carbons (Fsp3) is 0.375. The van der Waals surface area contributed by atoms with Crippen molar-refractivity contribution in [3.63, 3.8) is 0 Å². The summed E-state index contributed by atoms with van der Waals surface area (Å²) in [7, 11) is 0. The molecule has 1 aliphatic rings. The molecule has 18 heavy (non-hydrogen) atoms. The summed E-state index contributed by atoms with van der Waals surface area (Å²) in [6.45, 7) is 1.16. The van der Waals surface area contributed by atoms with Gasteiger partial charge in [-0.15, -0.1) is 11.3 Å². The van der Waals surface area contributed by atoms with E-state index in [0.717, 1.165) is 12.5 Å². The Morgan fingerprint density at radius 3 is 2.78 bits per heavy atom. The fourth-order valence-corrected chi connectivity index (χ4v) is 3.79. The molecule has 1 nitrogen and oxygen atoms in total. The van der Waals surface area contributed by atoms with E-state index in [9.17, 15) is 0 Å². The van der Waals surface area contributed by atoms with Gasteiger partial charge in [0.2, 0.25) is 0 Å². The molecule has 1 aromatic heterocycles. The number of benzene rings is 1. The standard InChI is InChI=1S/C16H19NS/c1-2-6-13(7-3-1)12-14-8-4-10-17-16(14)15-9-5-11-18-15/h1-3,5-7,9,11,14,16-17H,4,8,10,12H2/t14-,16-/m0/s1. The maximum Gasteiger partial charge on any atom is 0.0446 e. The molecule has 1 fully saturated rings. The summed E-state index contributed by atoms with van der Waals surface area (Å²) in [6, 6.07) is 15.9. The highest BCUT2D eigenvalue weighted by atomic mass is 32.1. The van der Waals surface area contributed by atoms with Crippen molar-refractivity contribution >= 4 is 11.3 Å². The molecule has 3 rings (SSSR count). The maximum absolute atomic E-state index is 3.70. The van der Waals surface area contributed by atoms with E-state index < -0.39 is 0 Å². The molecule has 1 saturated heterocycles. The first kappa shape index (κ1) is 11.9. The van der Waals surface area contributed by atoms with E-state index in [2.05, 4.69) is 53.2 Å². The molecule has 2 atom stereocenters. The van der Waals surface area contributed by atoms with E-state index in [-0.39, 0.29) is 0 Å². The molecule has 0 aliphatic carbocycles. The summed E-state index contributed by atoms with van der Waals surface area (Å²) >= 11 is 1.88. The first-order valence-corrected chi connectivity index (χ1v) is 7.62. The van der Waals surface area contributed by atoms with Crippen molar-refractivity contribution in [1.29, 1.82) is 0 Å². The molecule has 0 unspecified atom stereocenters. The molecule has 1 aromatic carbocycles. The Labute approximate surface area is 113 Å². The third-order valence-corrected chi connectivity index (χ3v) is 4.73. The third-order valence-electron chi connectivity index (χ3n) is 3.78. The molecule has 2 heterocycles. The Balaban J connectivity index is 1.76. The zero-order chi connectivity index (χ0) is 12.2. The van der Waals surface area contributed by atoms with Crippen LogP contribution in [-0.4, -0.2) is 6.54 Å². The second-order valence-electron chi connectivity index (χ2n) is 5.04. The van der Waals surface area contributed by atoms with Crippen LogP contribution in [0.3, 0.4) is 0 Å². The molecule has 0 bridgehead atoms. The van der Waals surface area contributed by atoms with E-state index >= 15 is 0 Å². The van der Waals surface area contributed by atoms with Crippen LogP contribution in [0.5, 0.6) is 0 Å². The van der Waals surface area contributed by atoms with Gasteiger partial charge < -0.3 is 5.32 Å². The van der Waals surface area contributed by atoms with Gasteiger partial charge in [0, 0.05) is 10.9 Å². The van der Waals surface area contributed by atoms with E-state index in [1.165, 1.54) is 29.7 Å². The molecular weight excluding hydrogens is 238 g/mol. The van der Waals surface area contributed by atoms with Gasteiger partial charge in [-0.1, -0.05) is 36.4 Å². The summed E-state index contributed by atoms with van der Waals surface area (Å²) < 4.78 is 0. The predicted molar refractivity (Wildman–Crippen MR) is 77.9 cm³/mol. The number of thiophene rings is 1. The van der Waals surface area contributed by atoms with Crippen LogP contribution in [0.25, 0.3) is 0 Å². The van der Waals surface area contributed by atoms with Gasteiger partial charge in [0.1, 0.15) is 0 Å². The molecule has 2 aromatic rings. The van der Waals surface area contributed by atoms with Crippen LogP contribution in [0, 0.1) is 5.92 Å². The second kappa shape index (κ2) is 5.68. The summed E-state index contributed by atoms with van der Waals surface area (Å²) in [5, 5.41) is 5.89. The van der Waals surface area contributed by atoms with Gasteiger partial charge in [-0.05, 0) is 48.7 Å². The predicted octanol–water partition coefficient (Wildman–Crippen LogP) is 4.03. The van der Waals surface area contributed by atoms with Gasteiger partial charge in [-0.3, -0.25) is 0 Å². The Kier molecular flexibility index (Phi) is 3.77. The SMILES string of the molecule is c1ccc(C[C@@H]2CCCN[C@@H]2c2cccs2)cc1. The van der Waals surface area contributed by atoms with Crippen LogP contribution in [0.15, 0.2) is 47.8 Å². The molecule has 0 radical (unpaired) electrons. The van der Waals surface area contributed by atoms with E-state index in [1.807, 2.05) is 11.3 Å². The van der Waals surface area contributed by atoms with Gasteiger partial charge in [0.05, 0.1) is 0 Å². The lowest BCUT2D eigenvalue weighted by Crippen LogP contribution is -2.34. The van der Waals surface area contributed by atoms with Gasteiger partial charge in [-0.25, -0.2) is 0 Å². The zero-order valence-corrected chi connectivity index (χ0v) is 11.3. The maximum atomic E-state index is 3.70. The lowest BCUT2D eigenvalue weighted by molar-refractivity contribution is 0.286. The van der Waals surface area contributed by atoms with Crippen LogP contribution in [0.4, 0.5) is 0 Å². The molecule has 0 saturated carbocycles. The van der Waals surface area contributed by atoms with Crippen molar-refractivity contribution < 1.29 is 0 Å². The summed E-state index contributed by atoms with van der Waals surface area (Å²) in [5.74, 6) is 0.736. The Bertz CT molecular complexity index is 463. The van der Waals surface area contributed by atoms with Crippen molar-refractivity contribution in [3.05, 3.63) is 58.3 Å². The highest BCUT2D eigenvalue weighted by Crippen LogP contribution is 2.34. The monoisotopic (exact) mass is 257 g/mol. The number of hydrogen-bond donors (Lipinski definition) is 1. The smallest absolute Gasteiger partial charge is 0.0446 e. The van der Waals surface area contributed by atoms with Gasteiger partial charge in [0.25, 0.3) is 0 Å². The van der Waals surface area contributed by atoms with Crippen molar-refractivity contribution in [2.75, 3.05) is 6.54 Å². The minimum absolute atomic E-state index is 0.555. The highest BCUT2D eigenvalue weighted by Gasteiger charge is 2.26. The van der Waals surface area contributed by atoms with Crippen LogP contribution in [-0.2, 0) is 6.42 Å². The normalized spacial score (nSPS) is 24.0. The Morgan fingerprint density at radius 1 is 1.11 bits per heavy atom. The van der Waals surface area contributed by atoms with Gasteiger partial charge in [-0.2, -0.15) is 0 Å². The Morgan fingerprint density at radius 2 is 2.00 bits per heavy atom. The first-order chi connectivity index (χ1) is 8.93. The lowest BCUT2D eigenvalue weighted by atomic mass is 9.85. The second-order valence-corrected chi connectivity index (χ2v) is 6.02. The molecular formula is C16H19NS. The van der Waals surface area contributed by atoms with Crippen LogP contribution >= 0.6 is 11.3 Å². The van der Waals surface area contributed by atoms with Crippen molar-refractivity contribution in [1.82, 2.24) is 5.32 Å². The van der Waals surface area contributed by atoms with Crippen molar-refractivity contribution in [2.45, 2.75) is 25.3 Å². The minimum Gasteiger partial charge on any atom is -0.309 e. The Hall–Kier alpha value is -1.12. The lowest BCUT2D eigenvalue weighted by Gasteiger charge is -2.32. The molecule has 2 heteroatoms. The van der Waals surface area contributed by atoms with E-state index in [1.54, 1.807) is 0 Å². The van der Waals surface area contributed by atoms with E-state index in [0.29, 0.717) is 6.04 Å². The molecule has 1 N–H and O–H groups in total. The van der Waals surface area contributed by atoms with E-state index in [4.69, 9.17) is 0 Å². The molecule has 94 valence electrons. The average Bonchev–Trinajstić information content (AvgIpc) is 2.94. The van der Waals surface area contributed by atoms with Gasteiger partial charge >= 0.3 is 0 Å². The number of piperidine rings is 1. The first-order valence-electron chi connectivity index (χ1n) is 6.74. The molecule has 0 amide bonds. The molecule has 0 spiro atoms. The summed E-state index contributed by atoms with van der Waals surface area (Å²) in [4.78, 5) is 1.50.